The summed E-state index contributed by atoms with van der Waals surface area (Å²) in [5.41, 5.74) is 2.92. The number of hydrogen-bond donors (Lipinski definition) is 1. The summed E-state index contributed by atoms with van der Waals surface area (Å²) in [7, 11) is -3.80. The highest BCUT2D eigenvalue weighted by atomic mass is 35.5. The normalized spacial score (nSPS) is 14.3. The standard InChI is InChI=1S/C23H28ClN5O2S/c1-5-28-14-6-7-20-22(28)25-27-29(20)21-15-17(24)10-13-19(21)26-32(30,31)18-11-8-16(9-12-18)23(2,3)4/h8-13,15,26H,5-7,14H2,1-4H3. The van der Waals surface area contributed by atoms with Gasteiger partial charge in [-0.15, -0.1) is 5.10 Å². The molecule has 0 unspecified atom stereocenters. The molecular formula is C23H28ClN5O2S. The van der Waals surface area contributed by atoms with Gasteiger partial charge in [0, 0.05) is 18.1 Å². The Morgan fingerprint density at radius 3 is 2.50 bits per heavy atom. The van der Waals surface area contributed by atoms with Crippen LogP contribution in [-0.2, 0) is 21.9 Å². The Balaban J connectivity index is 1.72. The van der Waals surface area contributed by atoms with Crippen molar-refractivity contribution in [2.24, 2.45) is 0 Å². The van der Waals surface area contributed by atoms with Gasteiger partial charge in [0.25, 0.3) is 10.0 Å². The van der Waals surface area contributed by atoms with E-state index in [-0.39, 0.29) is 10.3 Å². The Hall–Kier alpha value is -2.58. The van der Waals surface area contributed by atoms with Crippen LogP contribution in [0.4, 0.5) is 11.5 Å². The summed E-state index contributed by atoms with van der Waals surface area (Å²) in [6, 6.07) is 12.0. The van der Waals surface area contributed by atoms with Crippen LogP contribution in [0.5, 0.6) is 0 Å². The van der Waals surface area contributed by atoms with E-state index in [9.17, 15) is 8.42 Å². The third-order valence-electron chi connectivity index (χ3n) is 5.73. The Morgan fingerprint density at radius 1 is 1.12 bits per heavy atom. The molecule has 1 aliphatic heterocycles. The number of hydrogen-bond acceptors (Lipinski definition) is 5. The molecule has 0 saturated heterocycles. The fourth-order valence-electron chi connectivity index (χ4n) is 3.91. The maximum absolute atomic E-state index is 13.2. The van der Waals surface area contributed by atoms with Crippen molar-refractivity contribution < 1.29 is 8.42 Å². The molecule has 0 spiro atoms. The van der Waals surface area contributed by atoms with Gasteiger partial charge in [-0.3, -0.25) is 4.72 Å². The lowest BCUT2D eigenvalue weighted by molar-refractivity contribution is 0.587. The summed E-state index contributed by atoms with van der Waals surface area (Å²) in [4.78, 5) is 2.37. The minimum atomic E-state index is -3.80. The molecule has 0 radical (unpaired) electrons. The van der Waals surface area contributed by atoms with E-state index in [1.54, 1.807) is 35.0 Å². The zero-order valence-corrected chi connectivity index (χ0v) is 20.3. The van der Waals surface area contributed by atoms with Gasteiger partial charge in [0.1, 0.15) is 0 Å². The van der Waals surface area contributed by atoms with Crippen LogP contribution < -0.4 is 9.62 Å². The highest BCUT2D eigenvalue weighted by Gasteiger charge is 2.25. The SMILES string of the molecule is CCN1CCCc2c1nnn2-c1cc(Cl)ccc1NS(=O)(=O)c1ccc(C(C)(C)C)cc1. The molecule has 0 aliphatic carbocycles. The first-order chi connectivity index (χ1) is 15.1. The molecule has 0 bridgehead atoms. The quantitative estimate of drug-likeness (QED) is 0.576. The Kier molecular flexibility index (Phi) is 5.94. The molecule has 0 fully saturated rings. The van der Waals surface area contributed by atoms with Gasteiger partial charge in [-0.1, -0.05) is 49.7 Å². The van der Waals surface area contributed by atoms with Crippen LogP contribution in [-0.4, -0.2) is 36.5 Å². The smallest absolute Gasteiger partial charge is 0.261 e. The number of anilines is 2. The molecule has 32 heavy (non-hydrogen) atoms. The lowest BCUT2D eigenvalue weighted by Crippen LogP contribution is -2.29. The van der Waals surface area contributed by atoms with Gasteiger partial charge >= 0.3 is 0 Å². The molecule has 2 aromatic carbocycles. The fourth-order valence-corrected chi connectivity index (χ4v) is 5.15. The zero-order valence-electron chi connectivity index (χ0n) is 18.8. The second-order valence-electron chi connectivity index (χ2n) is 9.00. The average Bonchev–Trinajstić information content (AvgIpc) is 3.18. The molecule has 9 heteroatoms. The topological polar surface area (TPSA) is 80.1 Å². The van der Waals surface area contributed by atoms with E-state index in [1.807, 2.05) is 12.1 Å². The third kappa shape index (κ3) is 4.34. The van der Waals surface area contributed by atoms with Crippen molar-refractivity contribution in [3.8, 4) is 5.69 Å². The monoisotopic (exact) mass is 473 g/mol. The zero-order chi connectivity index (χ0) is 23.1. The van der Waals surface area contributed by atoms with E-state index >= 15 is 0 Å². The molecule has 1 aliphatic rings. The molecule has 1 aromatic heterocycles. The van der Waals surface area contributed by atoms with Crippen LogP contribution in [0, 0.1) is 0 Å². The van der Waals surface area contributed by atoms with Gasteiger partial charge in [-0.2, -0.15) is 0 Å². The van der Waals surface area contributed by atoms with E-state index in [1.165, 1.54) is 0 Å². The van der Waals surface area contributed by atoms with E-state index in [4.69, 9.17) is 11.6 Å². The van der Waals surface area contributed by atoms with Crippen LogP contribution in [0.25, 0.3) is 5.69 Å². The molecule has 1 N–H and O–H groups in total. The first-order valence-corrected chi connectivity index (χ1v) is 12.6. The molecule has 2 heterocycles. The molecule has 0 amide bonds. The molecule has 0 saturated carbocycles. The maximum Gasteiger partial charge on any atom is 0.261 e. The molecule has 3 aromatic rings. The summed E-state index contributed by atoms with van der Waals surface area (Å²) >= 11 is 6.27. The van der Waals surface area contributed by atoms with Crippen molar-refractivity contribution in [3.63, 3.8) is 0 Å². The summed E-state index contributed by atoms with van der Waals surface area (Å²) in [5.74, 6) is 0.838. The van der Waals surface area contributed by atoms with Crippen LogP contribution in [0.15, 0.2) is 47.4 Å². The molecule has 4 rings (SSSR count). The van der Waals surface area contributed by atoms with Crippen molar-refractivity contribution in [3.05, 3.63) is 58.7 Å². The molecular weight excluding hydrogens is 446 g/mol. The molecule has 7 nitrogen and oxygen atoms in total. The van der Waals surface area contributed by atoms with Crippen molar-refractivity contribution in [2.45, 2.75) is 50.8 Å². The number of aromatic nitrogens is 3. The van der Waals surface area contributed by atoms with E-state index in [2.05, 4.69) is 47.6 Å². The highest BCUT2D eigenvalue weighted by molar-refractivity contribution is 7.92. The van der Waals surface area contributed by atoms with Gasteiger partial charge in [-0.25, -0.2) is 13.1 Å². The second kappa shape index (κ2) is 8.41. The van der Waals surface area contributed by atoms with Crippen LogP contribution in [0.2, 0.25) is 5.02 Å². The van der Waals surface area contributed by atoms with E-state index < -0.39 is 10.0 Å². The number of benzene rings is 2. The Morgan fingerprint density at radius 2 is 1.84 bits per heavy atom. The molecule has 170 valence electrons. The summed E-state index contributed by atoms with van der Waals surface area (Å²) < 4.78 is 30.7. The van der Waals surface area contributed by atoms with Gasteiger partial charge in [-0.05, 0) is 61.1 Å². The van der Waals surface area contributed by atoms with Crippen molar-refractivity contribution in [1.82, 2.24) is 15.0 Å². The third-order valence-corrected chi connectivity index (χ3v) is 7.34. The minimum Gasteiger partial charge on any atom is -0.354 e. The van der Waals surface area contributed by atoms with E-state index in [0.717, 1.165) is 43.0 Å². The van der Waals surface area contributed by atoms with Crippen molar-refractivity contribution >= 4 is 33.1 Å². The summed E-state index contributed by atoms with van der Waals surface area (Å²) in [5, 5.41) is 9.19. The van der Waals surface area contributed by atoms with Gasteiger partial charge in [0.15, 0.2) is 5.82 Å². The minimum absolute atomic E-state index is 0.0579. The second-order valence-corrected chi connectivity index (χ2v) is 11.1. The van der Waals surface area contributed by atoms with Crippen molar-refractivity contribution in [2.75, 3.05) is 22.7 Å². The summed E-state index contributed by atoms with van der Waals surface area (Å²) in [6.07, 6.45) is 1.79. The van der Waals surface area contributed by atoms with Gasteiger partial charge in [0.2, 0.25) is 0 Å². The predicted molar refractivity (Wildman–Crippen MR) is 129 cm³/mol. The van der Waals surface area contributed by atoms with Gasteiger partial charge < -0.3 is 4.90 Å². The van der Waals surface area contributed by atoms with Crippen LogP contribution in [0.1, 0.15) is 45.4 Å². The number of nitrogens with one attached hydrogen (secondary N) is 1. The first kappa shape index (κ1) is 22.6. The number of nitrogens with zero attached hydrogens (tertiary/aromatic N) is 4. The molecule has 0 atom stereocenters. The predicted octanol–water partition coefficient (Wildman–Crippen LogP) is 4.79. The largest absolute Gasteiger partial charge is 0.354 e. The Bertz CT molecular complexity index is 1230. The number of fused-ring (bicyclic) bond motifs is 1. The maximum atomic E-state index is 13.2. The highest BCUT2D eigenvalue weighted by Crippen LogP contribution is 2.32. The van der Waals surface area contributed by atoms with Crippen molar-refractivity contribution in [1.29, 1.82) is 0 Å². The number of halogens is 1. The number of sulfonamides is 1. The van der Waals surface area contributed by atoms with Crippen LogP contribution in [0.3, 0.4) is 0 Å². The lowest BCUT2D eigenvalue weighted by Gasteiger charge is -2.26. The Labute approximate surface area is 194 Å². The first-order valence-electron chi connectivity index (χ1n) is 10.7. The van der Waals surface area contributed by atoms with E-state index in [0.29, 0.717) is 16.4 Å². The average molecular weight is 474 g/mol. The van der Waals surface area contributed by atoms with Crippen LogP contribution >= 0.6 is 11.6 Å². The number of rotatable bonds is 5. The fraction of sp³-hybridized carbons (Fsp3) is 0.391. The lowest BCUT2D eigenvalue weighted by atomic mass is 9.87. The summed E-state index contributed by atoms with van der Waals surface area (Å²) in [6.45, 7) is 10.1. The van der Waals surface area contributed by atoms with Gasteiger partial charge in [0.05, 0.1) is 22.0 Å².